The van der Waals surface area contributed by atoms with Gasteiger partial charge >= 0.3 is 0 Å². The molecule has 4 heteroatoms. The Labute approximate surface area is 127 Å². The Kier molecular flexibility index (Phi) is 5.81. The molecule has 21 heavy (non-hydrogen) atoms. The van der Waals surface area contributed by atoms with Crippen LogP contribution in [0.15, 0.2) is 36.7 Å². The van der Waals surface area contributed by atoms with E-state index in [4.69, 9.17) is 4.74 Å². The summed E-state index contributed by atoms with van der Waals surface area (Å²) in [6.07, 6.45) is 6.01. The lowest BCUT2D eigenvalue weighted by Crippen LogP contribution is -2.28. The molecule has 2 aromatic rings. The first-order chi connectivity index (χ1) is 10.2. The third kappa shape index (κ3) is 5.23. The predicted molar refractivity (Wildman–Crippen MR) is 85.4 cm³/mol. The van der Waals surface area contributed by atoms with Crippen LogP contribution in [0.5, 0.6) is 5.75 Å². The Hall–Kier alpha value is -1.81. The Morgan fingerprint density at radius 2 is 2.00 bits per heavy atom. The van der Waals surface area contributed by atoms with E-state index in [1.54, 1.807) is 4.68 Å². The number of hydrogen-bond acceptors (Lipinski definition) is 3. The van der Waals surface area contributed by atoms with Crippen molar-refractivity contribution < 1.29 is 4.74 Å². The summed E-state index contributed by atoms with van der Waals surface area (Å²) < 4.78 is 7.55. The molecule has 1 aromatic carbocycles. The van der Waals surface area contributed by atoms with E-state index in [0.717, 1.165) is 24.3 Å². The van der Waals surface area contributed by atoms with Gasteiger partial charge in [-0.1, -0.05) is 19.1 Å². The second-order valence-electron chi connectivity index (χ2n) is 5.51. The lowest BCUT2D eigenvalue weighted by molar-refractivity contribution is 0.306. The average Bonchev–Trinajstić information content (AvgIpc) is 2.90. The zero-order valence-electron chi connectivity index (χ0n) is 13.2. The molecule has 1 heterocycles. The van der Waals surface area contributed by atoms with E-state index in [0.29, 0.717) is 12.6 Å². The van der Waals surface area contributed by atoms with Gasteiger partial charge in [0, 0.05) is 24.8 Å². The maximum Gasteiger partial charge on any atom is 0.119 e. The van der Waals surface area contributed by atoms with Crippen molar-refractivity contribution in [2.45, 2.75) is 39.3 Å². The van der Waals surface area contributed by atoms with Gasteiger partial charge in [0.05, 0.1) is 6.20 Å². The van der Waals surface area contributed by atoms with Crippen molar-refractivity contribution in [1.29, 1.82) is 0 Å². The molecule has 0 saturated heterocycles. The fraction of sp³-hybridized carbons (Fsp3) is 0.471. The van der Waals surface area contributed by atoms with Gasteiger partial charge in [-0.05, 0) is 44.0 Å². The zero-order valence-corrected chi connectivity index (χ0v) is 13.2. The highest BCUT2D eigenvalue weighted by molar-refractivity contribution is 5.28. The molecule has 2 rings (SSSR count). The average molecular weight is 287 g/mol. The van der Waals surface area contributed by atoms with Crippen LogP contribution in [0.2, 0.25) is 0 Å². The quantitative estimate of drug-likeness (QED) is 0.811. The van der Waals surface area contributed by atoms with Gasteiger partial charge < -0.3 is 10.1 Å². The summed E-state index contributed by atoms with van der Waals surface area (Å²) in [5.41, 5.74) is 2.42. The number of nitrogens with one attached hydrogen (secondary N) is 1. The third-order valence-electron chi connectivity index (χ3n) is 3.37. The normalized spacial score (nSPS) is 12.3. The van der Waals surface area contributed by atoms with Crippen LogP contribution in [-0.4, -0.2) is 22.4 Å². The molecule has 0 bridgehead atoms. The minimum absolute atomic E-state index is 0.507. The number of aromatic nitrogens is 2. The van der Waals surface area contributed by atoms with Crippen LogP contribution < -0.4 is 10.1 Å². The summed E-state index contributed by atoms with van der Waals surface area (Å²) in [6, 6.07) is 8.87. The van der Waals surface area contributed by atoms with Gasteiger partial charge in [-0.2, -0.15) is 5.10 Å². The van der Waals surface area contributed by atoms with Gasteiger partial charge in [-0.3, -0.25) is 4.68 Å². The van der Waals surface area contributed by atoms with E-state index < -0.39 is 0 Å². The molecule has 114 valence electrons. The van der Waals surface area contributed by atoms with Crippen molar-refractivity contribution in [3.05, 3.63) is 47.8 Å². The van der Waals surface area contributed by atoms with E-state index in [-0.39, 0.29) is 0 Å². The Bertz CT molecular complexity index is 533. The fourth-order valence-electron chi connectivity index (χ4n) is 2.25. The molecule has 0 spiro atoms. The van der Waals surface area contributed by atoms with Gasteiger partial charge in [-0.15, -0.1) is 0 Å². The molecule has 0 amide bonds. The van der Waals surface area contributed by atoms with Crippen LogP contribution in [0.25, 0.3) is 0 Å². The molecule has 0 radical (unpaired) electrons. The van der Waals surface area contributed by atoms with Gasteiger partial charge in [0.1, 0.15) is 12.4 Å². The lowest BCUT2D eigenvalue weighted by Gasteiger charge is -2.13. The first-order valence-electron chi connectivity index (χ1n) is 7.60. The zero-order chi connectivity index (χ0) is 15.1. The van der Waals surface area contributed by atoms with Crippen LogP contribution in [0.4, 0.5) is 0 Å². The molecular formula is C17H25N3O. The first kappa shape index (κ1) is 15.6. The summed E-state index contributed by atoms with van der Waals surface area (Å²) in [5.74, 6) is 0.900. The molecular weight excluding hydrogens is 262 g/mol. The van der Waals surface area contributed by atoms with Crippen molar-refractivity contribution >= 4 is 0 Å². The minimum atomic E-state index is 0.507. The topological polar surface area (TPSA) is 39.1 Å². The van der Waals surface area contributed by atoms with E-state index in [1.807, 2.05) is 31.6 Å². The molecule has 1 N–H and O–H groups in total. The van der Waals surface area contributed by atoms with Crippen LogP contribution in [-0.2, 0) is 20.1 Å². The van der Waals surface area contributed by atoms with Gasteiger partial charge in [-0.25, -0.2) is 0 Å². The number of ether oxygens (including phenoxy) is 1. The Balaban J connectivity index is 1.81. The molecule has 0 fully saturated rings. The SMILES string of the molecule is CCCNC(C)Cc1ccc(OCc2cnn(C)c2)cc1. The van der Waals surface area contributed by atoms with Gasteiger partial charge in [0.25, 0.3) is 0 Å². The molecule has 1 aromatic heterocycles. The summed E-state index contributed by atoms with van der Waals surface area (Å²) in [6.45, 7) is 6.05. The van der Waals surface area contributed by atoms with Crippen LogP contribution in [0.1, 0.15) is 31.4 Å². The highest BCUT2D eigenvalue weighted by Gasteiger charge is 2.03. The first-order valence-corrected chi connectivity index (χ1v) is 7.60. The van der Waals surface area contributed by atoms with Crippen LogP contribution in [0, 0.1) is 0 Å². The van der Waals surface area contributed by atoms with Crippen molar-refractivity contribution in [2.75, 3.05) is 6.54 Å². The molecule has 0 saturated carbocycles. The van der Waals surface area contributed by atoms with E-state index in [1.165, 1.54) is 12.0 Å². The van der Waals surface area contributed by atoms with Crippen molar-refractivity contribution in [2.24, 2.45) is 7.05 Å². The summed E-state index contributed by atoms with van der Waals surface area (Å²) >= 11 is 0. The monoisotopic (exact) mass is 287 g/mol. The molecule has 4 nitrogen and oxygen atoms in total. The standard InChI is InChI=1S/C17H25N3O/c1-4-9-18-14(2)10-15-5-7-17(8-6-15)21-13-16-11-19-20(3)12-16/h5-8,11-12,14,18H,4,9-10,13H2,1-3H3. The van der Waals surface area contributed by atoms with E-state index in [9.17, 15) is 0 Å². The minimum Gasteiger partial charge on any atom is -0.489 e. The number of rotatable bonds is 8. The largest absolute Gasteiger partial charge is 0.489 e. The number of hydrogen-bond donors (Lipinski definition) is 1. The molecule has 1 atom stereocenters. The second kappa shape index (κ2) is 7.84. The number of aryl methyl sites for hydroxylation is 1. The van der Waals surface area contributed by atoms with E-state index >= 15 is 0 Å². The summed E-state index contributed by atoms with van der Waals surface area (Å²) in [5, 5.41) is 7.63. The smallest absolute Gasteiger partial charge is 0.119 e. The summed E-state index contributed by atoms with van der Waals surface area (Å²) in [7, 11) is 1.91. The summed E-state index contributed by atoms with van der Waals surface area (Å²) in [4.78, 5) is 0. The van der Waals surface area contributed by atoms with Gasteiger partial charge in [0.15, 0.2) is 0 Å². The maximum absolute atomic E-state index is 5.76. The third-order valence-corrected chi connectivity index (χ3v) is 3.37. The molecule has 0 aliphatic rings. The predicted octanol–water partition coefficient (Wildman–Crippen LogP) is 2.93. The number of benzene rings is 1. The van der Waals surface area contributed by atoms with E-state index in [2.05, 4.69) is 36.4 Å². The Morgan fingerprint density at radius 3 is 2.62 bits per heavy atom. The number of nitrogens with zero attached hydrogens (tertiary/aromatic N) is 2. The highest BCUT2D eigenvalue weighted by atomic mass is 16.5. The Morgan fingerprint density at radius 1 is 1.24 bits per heavy atom. The van der Waals surface area contributed by atoms with Crippen LogP contribution in [0.3, 0.4) is 0 Å². The van der Waals surface area contributed by atoms with Crippen molar-refractivity contribution in [3.8, 4) is 5.75 Å². The second-order valence-corrected chi connectivity index (χ2v) is 5.51. The molecule has 1 unspecified atom stereocenters. The van der Waals surface area contributed by atoms with Crippen LogP contribution >= 0.6 is 0 Å². The van der Waals surface area contributed by atoms with Crippen molar-refractivity contribution in [3.63, 3.8) is 0 Å². The highest BCUT2D eigenvalue weighted by Crippen LogP contribution is 2.15. The lowest BCUT2D eigenvalue weighted by atomic mass is 10.1. The maximum atomic E-state index is 5.76. The van der Waals surface area contributed by atoms with Gasteiger partial charge in [0.2, 0.25) is 0 Å². The fourth-order valence-corrected chi connectivity index (χ4v) is 2.25. The van der Waals surface area contributed by atoms with Crippen molar-refractivity contribution in [1.82, 2.24) is 15.1 Å². The molecule has 0 aliphatic carbocycles. The molecule has 0 aliphatic heterocycles.